The molecule has 0 aliphatic heterocycles. The fourth-order valence-electron chi connectivity index (χ4n) is 2.22. The lowest BCUT2D eigenvalue weighted by molar-refractivity contribution is -0.137. The summed E-state index contributed by atoms with van der Waals surface area (Å²) in [7, 11) is 1.59. The van der Waals surface area contributed by atoms with Gasteiger partial charge in [-0.1, -0.05) is 18.2 Å². The zero-order chi connectivity index (χ0) is 14.5. The van der Waals surface area contributed by atoms with Crippen molar-refractivity contribution in [2.45, 2.75) is 31.9 Å². The van der Waals surface area contributed by atoms with E-state index in [1.54, 1.807) is 18.1 Å². The number of methoxy groups -OCH3 is 1. The molecule has 108 valence electrons. The Balaban J connectivity index is 2.16. The highest BCUT2D eigenvalue weighted by atomic mass is 16.5. The molecule has 0 aromatic heterocycles. The molecule has 0 unspecified atom stereocenters. The highest BCUT2D eigenvalue weighted by Crippen LogP contribution is 2.29. The van der Waals surface area contributed by atoms with Crippen molar-refractivity contribution >= 4 is 11.9 Å². The molecule has 1 aromatic rings. The topological polar surface area (TPSA) is 66.8 Å². The monoisotopic (exact) mass is 277 g/mol. The minimum absolute atomic E-state index is 0.0192. The quantitative estimate of drug-likeness (QED) is 0.826. The van der Waals surface area contributed by atoms with Gasteiger partial charge < -0.3 is 14.7 Å². The Kier molecular flexibility index (Phi) is 4.74. The Labute approximate surface area is 118 Å². The van der Waals surface area contributed by atoms with E-state index in [1.165, 1.54) is 0 Å². The van der Waals surface area contributed by atoms with Gasteiger partial charge in [0.05, 0.1) is 13.0 Å². The number of nitrogens with zero attached hydrogens (tertiary/aromatic N) is 1. The summed E-state index contributed by atoms with van der Waals surface area (Å²) in [5, 5.41) is 8.80. The molecule has 1 aliphatic rings. The molecular weight excluding hydrogens is 258 g/mol. The third-order valence-electron chi connectivity index (χ3n) is 3.36. The predicted octanol–water partition coefficient (Wildman–Crippen LogP) is 1.91. The first-order valence-corrected chi connectivity index (χ1v) is 6.73. The van der Waals surface area contributed by atoms with Gasteiger partial charge in [-0.15, -0.1) is 0 Å². The summed E-state index contributed by atoms with van der Waals surface area (Å²) in [6.45, 7) is 0.638. The van der Waals surface area contributed by atoms with Crippen LogP contribution >= 0.6 is 0 Å². The Morgan fingerprint density at radius 3 is 2.65 bits per heavy atom. The maximum atomic E-state index is 12.6. The second-order valence-electron chi connectivity index (χ2n) is 4.96. The van der Waals surface area contributed by atoms with Gasteiger partial charge in [0, 0.05) is 25.3 Å². The smallest absolute Gasteiger partial charge is 0.305 e. The molecule has 0 radical (unpaired) electrons. The fourth-order valence-corrected chi connectivity index (χ4v) is 2.22. The van der Waals surface area contributed by atoms with Crippen molar-refractivity contribution in [3.8, 4) is 0 Å². The van der Waals surface area contributed by atoms with Crippen LogP contribution in [0.1, 0.15) is 35.2 Å². The number of ether oxygens (including phenoxy) is 1. The lowest BCUT2D eigenvalue weighted by Gasteiger charge is -2.23. The molecule has 0 bridgehead atoms. The Morgan fingerprint density at radius 2 is 2.05 bits per heavy atom. The van der Waals surface area contributed by atoms with Crippen molar-refractivity contribution in [1.82, 2.24) is 4.90 Å². The van der Waals surface area contributed by atoms with Crippen LogP contribution in [0.25, 0.3) is 0 Å². The highest BCUT2D eigenvalue weighted by molar-refractivity contribution is 5.96. The van der Waals surface area contributed by atoms with Crippen LogP contribution in [0.4, 0.5) is 0 Å². The van der Waals surface area contributed by atoms with Crippen molar-refractivity contribution in [1.29, 1.82) is 0 Å². The molecule has 1 aromatic carbocycles. The second-order valence-corrected chi connectivity index (χ2v) is 4.96. The van der Waals surface area contributed by atoms with Gasteiger partial charge in [-0.25, -0.2) is 0 Å². The second kappa shape index (κ2) is 6.52. The van der Waals surface area contributed by atoms with E-state index in [4.69, 9.17) is 9.84 Å². The zero-order valence-corrected chi connectivity index (χ0v) is 11.5. The molecule has 0 heterocycles. The number of benzene rings is 1. The Hall–Kier alpha value is -1.88. The molecule has 0 atom stereocenters. The minimum Gasteiger partial charge on any atom is -0.481 e. The van der Waals surface area contributed by atoms with Gasteiger partial charge in [0.15, 0.2) is 0 Å². The van der Waals surface area contributed by atoms with Crippen LogP contribution in [0, 0.1) is 0 Å². The summed E-state index contributed by atoms with van der Waals surface area (Å²) in [5.74, 6) is -0.977. The number of carboxylic acid groups (broad SMARTS) is 1. The van der Waals surface area contributed by atoms with Gasteiger partial charge in [-0.05, 0) is 24.5 Å². The normalized spacial score (nSPS) is 14.1. The van der Waals surface area contributed by atoms with Crippen LogP contribution < -0.4 is 0 Å². The fraction of sp³-hybridized carbons (Fsp3) is 0.467. The molecule has 20 heavy (non-hydrogen) atoms. The lowest BCUT2D eigenvalue weighted by atomic mass is 10.1. The van der Waals surface area contributed by atoms with E-state index >= 15 is 0 Å². The van der Waals surface area contributed by atoms with Crippen molar-refractivity contribution < 1.29 is 19.4 Å². The first kappa shape index (κ1) is 14.5. The first-order valence-electron chi connectivity index (χ1n) is 6.73. The number of rotatable bonds is 7. The Bertz CT molecular complexity index is 496. The zero-order valence-electron chi connectivity index (χ0n) is 11.5. The van der Waals surface area contributed by atoms with Gasteiger partial charge in [0.25, 0.3) is 5.91 Å². The van der Waals surface area contributed by atoms with Crippen molar-refractivity contribution in [3.05, 3.63) is 35.4 Å². The van der Waals surface area contributed by atoms with Crippen LogP contribution in [-0.4, -0.2) is 41.6 Å². The van der Waals surface area contributed by atoms with E-state index in [0.717, 1.165) is 18.4 Å². The van der Waals surface area contributed by atoms with Crippen molar-refractivity contribution in [2.24, 2.45) is 0 Å². The molecule has 1 N–H and O–H groups in total. The number of amides is 1. The van der Waals surface area contributed by atoms with E-state index < -0.39 is 5.97 Å². The van der Waals surface area contributed by atoms with Crippen molar-refractivity contribution in [3.63, 3.8) is 0 Å². The standard InChI is InChI=1S/C15H19NO4/c1-20-10-11-4-2-3-5-13(11)15(19)16(12-6-7-12)9-8-14(17)18/h2-5,12H,6-10H2,1H3,(H,17,18). The number of carboxylic acids is 1. The molecule has 1 aliphatic carbocycles. The average Bonchev–Trinajstić information content (AvgIpc) is 3.24. The minimum atomic E-state index is -0.881. The van der Waals surface area contributed by atoms with Crippen LogP contribution in [0.3, 0.4) is 0 Å². The molecular formula is C15H19NO4. The number of carbonyl (C=O) groups is 2. The van der Waals surface area contributed by atoms with E-state index in [0.29, 0.717) is 12.2 Å². The summed E-state index contributed by atoms with van der Waals surface area (Å²) in [6, 6.07) is 7.50. The third-order valence-corrected chi connectivity index (χ3v) is 3.36. The number of carbonyl (C=O) groups excluding carboxylic acids is 1. The molecule has 1 amide bonds. The molecule has 1 saturated carbocycles. The van der Waals surface area contributed by atoms with Gasteiger partial charge >= 0.3 is 5.97 Å². The molecule has 5 nitrogen and oxygen atoms in total. The van der Waals surface area contributed by atoms with E-state index in [1.807, 2.05) is 18.2 Å². The van der Waals surface area contributed by atoms with Gasteiger partial charge in [0.1, 0.15) is 0 Å². The third kappa shape index (κ3) is 3.57. The maximum absolute atomic E-state index is 12.6. The van der Waals surface area contributed by atoms with E-state index in [2.05, 4.69) is 0 Å². The Morgan fingerprint density at radius 1 is 1.35 bits per heavy atom. The average molecular weight is 277 g/mol. The summed E-state index contributed by atoms with van der Waals surface area (Å²) < 4.78 is 5.11. The SMILES string of the molecule is COCc1ccccc1C(=O)N(CCC(=O)O)C1CC1. The number of hydrogen-bond donors (Lipinski definition) is 1. The van der Waals surface area contributed by atoms with E-state index in [-0.39, 0.29) is 24.9 Å². The van der Waals surface area contributed by atoms with Crippen LogP contribution in [0.15, 0.2) is 24.3 Å². The van der Waals surface area contributed by atoms with Crippen molar-refractivity contribution in [2.75, 3.05) is 13.7 Å². The van der Waals surface area contributed by atoms with E-state index in [9.17, 15) is 9.59 Å². The summed E-state index contributed by atoms with van der Waals surface area (Å²) in [6.07, 6.45) is 1.89. The van der Waals surface area contributed by atoms with Gasteiger partial charge in [-0.2, -0.15) is 0 Å². The first-order chi connectivity index (χ1) is 9.63. The summed E-state index contributed by atoms with van der Waals surface area (Å²) in [4.78, 5) is 25.0. The van der Waals surface area contributed by atoms with Gasteiger partial charge in [-0.3, -0.25) is 9.59 Å². The summed E-state index contributed by atoms with van der Waals surface area (Å²) >= 11 is 0. The maximum Gasteiger partial charge on any atom is 0.305 e. The van der Waals surface area contributed by atoms with Crippen LogP contribution in [-0.2, 0) is 16.1 Å². The van der Waals surface area contributed by atoms with Gasteiger partial charge in [0.2, 0.25) is 0 Å². The highest BCUT2D eigenvalue weighted by Gasteiger charge is 2.33. The largest absolute Gasteiger partial charge is 0.481 e. The van der Waals surface area contributed by atoms with Crippen LogP contribution in [0.5, 0.6) is 0 Å². The molecule has 0 saturated heterocycles. The lowest BCUT2D eigenvalue weighted by Crippen LogP contribution is -2.35. The molecule has 5 heteroatoms. The van der Waals surface area contributed by atoms with Crippen LogP contribution in [0.2, 0.25) is 0 Å². The summed E-state index contributed by atoms with van der Waals surface area (Å²) in [5.41, 5.74) is 1.44. The molecule has 0 spiro atoms. The molecule has 2 rings (SSSR count). The number of hydrogen-bond acceptors (Lipinski definition) is 3. The molecule has 1 fully saturated rings. The predicted molar refractivity (Wildman–Crippen MR) is 73.5 cm³/mol. The number of aliphatic carboxylic acids is 1.